The van der Waals surface area contributed by atoms with Gasteiger partial charge in [-0.15, -0.1) is 10.2 Å². The van der Waals surface area contributed by atoms with Crippen LogP contribution in [-0.4, -0.2) is 34.2 Å². The molecule has 0 radical (unpaired) electrons. The number of carbonyl (C=O) groups is 1. The second-order valence-electron chi connectivity index (χ2n) is 4.25. The van der Waals surface area contributed by atoms with Gasteiger partial charge in [-0.2, -0.15) is 13.2 Å². The van der Waals surface area contributed by atoms with E-state index in [4.69, 9.17) is 4.74 Å². The van der Waals surface area contributed by atoms with Crippen LogP contribution in [0.1, 0.15) is 17.8 Å². The summed E-state index contributed by atoms with van der Waals surface area (Å²) in [6.45, 7) is 0.260. The van der Waals surface area contributed by atoms with Crippen LogP contribution in [0.25, 0.3) is 5.65 Å². The van der Waals surface area contributed by atoms with Crippen molar-refractivity contribution in [2.75, 3.05) is 13.7 Å². The SMILES string of the molecule is COCCC(=O)NCc1nnc2c(C(F)(F)F)cccn12. The van der Waals surface area contributed by atoms with Crippen molar-refractivity contribution in [2.45, 2.75) is 19.1 Å². The van der Waals surface area contributed by atoms with Gasteiger partial charge in [0.25, 0.3) is 0 Å². The van der Waals surface area contributed by atoms with Gasteiger partial charge in [0, 0.05) is 19.7 Å². The summed E-state index contributed by atoms with van der Waals surface area (Å²) in [4.78, 5) is 11.4. The molecular weight excluding hydrogens is 289 g/mol. The van der Waals surface area contributed by atoms with E-state index in [1.807, 2.05) is 0 Å². The van der Waals surface area contributed by atoms with E-state index in [-0.39, 0.29) is 37.0 Å². The number of rotatable bonds is 5. The van der Waals surface area contributed by atoms with E-state index < -0.39 is 11.7 Å². The zero-order chi connectivity index (χ0) is 15.5. The van der Waals surface area contributed by atoms with Crippen molar-refractivity contribution in [1.29, 1.82) is 0 Å². The Morgan fingerprint density at radius 3 is 2.86 bits per heavy atom. The van der Waals surface area contributed by atoms with Crippen LogP contribution in [0.4, 0.5) is 13.2 Å². The van der Waals surface area contributed by atoms with Crippen LogP contribution in [0, 0.1) is 0 Å². The van der Waals surface area contributed by atoms with E-state index in [0.717, 1.165) is 6.07 Å². The molecule has 9 heteroatoms. The highest BCUT2D eigenvalue weighted by Gasteiger charge is 2.34. The fraction of sp³-hybridized carbons (Fsp3) is 0.417. The minimum atomic E-state index is -4.51. The quantitative estimate of drug-likeness (QED) is 0.906. The van der Waals surface area contributed by atoms with E-state index in [1.165, 1.54) is 23.8 Å². The molecule has 21 heavy (non-hydrogen) atoms. The monoisotopic (exact) mass is 302 g/mol. The Morgan fingerprint density at radius 2 is 2.19 bits per heavy atom. The van der Waals surface area contributed by atoms with Gasteiger partial charge >= 0.3 is 6.18 Å². The van der Waals surface area contributed by atoms with Crippen molar-refractivity contribution in [3.05, 3.63) is 29.7 Å². The van der Waals surface area contributed by atoms with Crippen LogP contribution in [0.15, 0.2) is 18.3 Å². The van der Waals surface area contributed by atoms with Gasteiger partial charge in [0.15, 0.2) is 11.5 Å². The summed E-state index contributed by atoms with van der Waals surface area (Å²) in [5.74, 6) is -0.0533. The molecule has 2 heterocycles. The number of pyridine rings is 1. The minimum Gasteiger partial charge on any atom is -0.384 e. The first-order valence-electron chi connectivity index (χ1n) is 6.09. The van der Waals surface area contributed by atoms with Crippen molar-refractivity contribution >= 4 is 11.6 Å². The maximum atomic E-state index is 12.8. The van der Waals surface area contributed by atoms with Crippen molar-refractivity contribution in [3.8, 4) is 0 Å². The summed E-state index contributed by atoms with van der Waals surface area (Å²) < 4.78 is 44.4. The van der Waals surface area contributed by atoms with Gasteiger partial charge in [0.1, 0.15) is 5.56 Å². The Bertz CT molecular complexity index is 639. The lowest BCUT2D eigenvalue weighted by molar-refractivity contribution is -0.136. The molecule has 0 unspecified atom stereocenters. The molecule has 0 saturated carbocycles. The number of methoxy groups -OCH3 is 1. The first-order valence-corrected chi connectivity index (χ1v) is 6.09. The first kappa shape index (κ1) is 15.2. The van der Waals surface area contributed by atoms with E-state index in [9.17, 15) is 18.0 Å². The molecule has 0 aliphatic heterocycles. The average molecular weight is 302 g/mol. The van der Waals surface area contributed by atoms with Crippen LogP contribution >= 0.6 is 0 Å². The molecule has 2 aromatic rings. The van der Waals surface area contributed by atoms with Crippen LogP contribution in [0.5, 0.6) is 0 Å². The first-order chi connectivity index (χ1) is 9.93. The molecule has 2 aromatic heterocycles. The van der Waals surface area contributed by atoms with Gasteiger partial charge < -0.3 is 10.1 Å². The number of halogens is 3. The molecule has 0 aliphatic carbocycles. The fourth-order valence-electron chi connectivity index (χ4n) is 1.77. The Balaban J connectivity index is 2.18. The summed E-state index contributed by atoms with van der Waals surface area (Å²) in [6.07, 6.45) is -2.92. The second kappa shape index (κ2) is 6.08. The zero-order valence-corrected chi connectivity index (χ0v) is 11.1. The third-order valence-electron chi connectivity index (χ3n) is 2.79. The van der Waals surface area contributed by atoms with Gasteiger partial charge in [0.05, 0.1) is 13.2 Å². The standard InChI is InChI=1S/C12H13F3N4O2/c1-21-6-4-10(20)16-7-9-17-18-11-8(12(13,14)15)3-2-5-19(9)11/h2-3,5H,4,6-7H2,1H3,(H,16,20). The number of aromatic nitrogens is 3. The highest BCUT2D eigenvalue weighted by Crippen LogP contribution is 2.31. The van der Waals surface area contributed by atoms with E-state index in [0.29, 0.717) is 0 Å². The number of hydrogen-bond donors (Lipinski definition) is 1. The van der Waals surface area contributed by atoms with Crippen molar-refractivity contribution in [1.82, 2.24) is 19.9 Å². The third-order valence-corrected chi connectivity index (χ3v) is 2.79. The van der Waals surface area contributed by atoms with Gasteiger partial charge in [-0.25, -0.2) is 0 Å². The van der Waals surface area contributed by atoms with Crippen molar-refractivity contribution in [3.63, 3.8) is 0 Å². The van der Waals surface area contributed by atoms with E-state index in [2.05, 4.69) is 15.5 Å². The number of alkyl halides is 3. The van der Waals surface area contributed by atoms with Gasteiger partial charge in [-0.05, 0) is 12.1 Å². The Labute approximate surface area is 117 Å². The largest absolute Gasteiger partial charge is 0.420 e. The number of fused-ring (bicyclic) bond motifs is 1. The fourth-order valence-corrected chi connectivity index (χ4v) is 1.77. The molecule has 0 spiro atoms. The summed E-state index contributed by atoms with van der Waals surface area (Å²) in [5.41, 5.74) is -1.15. The highest BCUT2D eigenvalue weighted by molar-refractivity contribution is 5.75. The minimum absolute atomic E-state index is 0.00890. The van der Waals surface area contributed by atoms with Crippen LogP contribution in [0.2, 0.25) is 0 Å². The molecule has 0 saturated heterocycles. The Kier molecular flexibility index (Phi) is 4.41. The molecule has 2 rings (SSSR count). The lowest BCUT2D eigenvalue weighted by atomic mass is 10.2. The number of ether oxygens (including phenoxy) is 1. The Hall–Kier alpha value is -2.16. The molecule has 1 N–H and O–H groups in total. The highest BCUT2D eigenvalue weighted by atomic mass is 19.4. The summed E-state index contributed by atoms with van der Waals surface area (Å²) in [6, 6.07) is 2.19. The molecule has 6 nitrogen and oxygen atoms in total. The number of nitrogens with zero attached hydrogens (tertiary/aromatic N) is 3. The number of carbonyl (C=O) groups excluding carboxylic acids is 1. The van der Waals surface area contributed by atoms with Crippen LogP contribution in [0.3, 0.4) is 0 Å². The summed E-state index contributed by atoms with van der Waals surface area (Å²) in [7, 11) is 1.47. The molecule has 114 valence electrons. The summed E-state index contributed by atoms with van der Waals surface area (Å²) in [5, 5.41) is 9.78. The van der Waals surface area contributed by atoms with Gasteiger partial charge in [-0.1, -0.05) is 0 Å². The average Bonchev–Trinajstić information content (AvgIpc) is 2.84. The molecule has 0 aromatic carbocycles. The van der Waals surface area contributed by atoms with E-state index in [1.54, 1.807) is 0 Å². The van der Waals surface area contributed by atoms with Crippen molar-refractivity contribution in [2.24, 2.45) is 0 Å². The van der Waals surface area contributed by atoms with Crippen LogP contribution in [-0.2, 0) is 22.3 Å². The van der Waals surface area contributed by atoms with E-state index >= 15 is 0 Å². The zero-order valence-electron chi connectivity index (χ0n) is 11.1. The normalized spacial score (nSPS) is 11.8. The molecule has 0 bridgehead atoms. The predicted octanol–water partition coefficient (Wildman–Crippen LogP) is 1.40. The maximum Gasteiger partial charge on any atom is 0.420 e. The second-order valence-corrected chi connectivity index (χ2v) is 4.25. The molecule has 0 atom stereocenters. The molecule has 0 fully saturated rings. The Morgan fingerprint density at radius 1 is 1.43 bits per heavy atom. The van der Waals surface area contributed by atoms with Gasteiger partial charge in [0.2, 0.25) is 5.91 Å². The lowest BCUT2D eigenvalue weighted by Gasteiger charge is -2.08. The third kappa shape index (κ3) is 3.48. The molecule has 1 amide bonds. The number of nitrogens with one attached hydrogen (secondary N) is 1. The molecule has 0 aliphatic rings. The van der Waals surface area contributed by atoms with Crippen LogP contribution < -0.4 is 5.32 Å². The van der Waals surface area contributed by atoms with Crippen molar-refractivity contribution < 1.29 is 22.7 Å². The molecular formula is C12H13F3N4O2. The topological polar surface area (TPSA) is 68.5 Å². The summed E-state index contributed by atoms with van der Waals surface area (Å²) >= 11 is 0. The number of hydrogen-bond acceptors (Lipinski definition) is 4. The maximum absolute atomic E-state index is 12.8. The number of amides is 1. The smallest absolute Gasteiger partial charge is 0.384 e. The lowest BCUT2D eigenvalue weighted by Crippen LogP contribution is -2.24. The van der Waals surface area contributed by atoms with Gasteiger partial charge in [-0.3, -0.25) is 9.20 Å². The predicted molar refractivity (Wildman–Crippen MR) is 66.3 cm³/mol.